The van der Waals surface area contributed by atoms with Crippen molar-refractivity contribution in [3.63, 3.8) is 0 Å². The van der Waals surface area contributed by atoms with E-state index in [2.05, 4.69) is 34.1 Å². The van der Waals surface area contributed by atoms with Crippen molar-refractivity contribution in [3.05, 3.63) is 33.8 Å². The van der Waals surface area contributed by atoms with Gasteiger partial charge in [-0.05, 0) is 24.1 Å². The monoisotopic (exact) mass is 224 g/mol. The largest absolute Gasteiger partial charge is 0.496 e. The fourth-order valence-electron chi connectivity index (χ4n) is 1.48. The molecule has 0 atom stereocenters. The second kappa shape index (κ2) is 2.94. The summed E-state index contributed by atoms with van der Waals surface area (Å²) in [6.45, 7) is 0. The van der Waals surface area contributed by atoms with Crippen LogP contribution in [0.5, 0.6) is 5.75 Å². The van der Waals surface area contributed by atoms with E-state index in [0.717, 1.165) is 16.6 Å². The number of hydrogen-bond donors (Lipinski definition) is 0. The number of benzene rings is 1. The Morgan fingerprint density at radius 2 is 2.25 bits per heavy atom. The van der Waals surface area contributed by atoms with E-state index in [1.165, 1.54) is 11.1 Å². The van der Waals surface area contributed by atoms with Crippen molar-refractivity contribution in [2.24, 2.45) is 0 Å². The molecule has 0 heterocycles. The minimum atomic E-state index is 0.976. The smallest absolute Gasteiger partial charge is 0.124 e. The molecule has 0 fully saturated rings. The number of halogens is 1. The van der Waals surface area contributed by atoms with Crippen molar-refractivity contribution in [1.82, 2.24) is 0 Å². The highest BCUT2D eigenvalue weighted by Crippen LogP contribution is 2.32. The molecule has 1 nitrogen and oxygen atoms in total. The number of ether oxygens (including phenoxy) is 1. The molecular formula is C10H9BrO. The zero-order valence-corrected chi connectivity index (χ0v) is 8.39. The van der Waals surface area contributed by atoms with Crippen LogP contribution in [-0.2, 0) is 6.42 Å². The Morgan fingerprint density at radius 3 is 3.00 bits per heavy atom. The molecule has 0 aliphatic heterocycles. The topological polar surface area (TPSA) is 9.23 Å². The van der Waals surface area contributed by atoms with Crippen LogP contribution in [0.4, 0.5) is 0 Å². The number of rotatable bonds is 1. The Balaban J connectivity index is 2.59. The lowest BCUT2D eigenvalue weighted by Crippen LogP contribution is -1.90. The number of hydrogen-bond acceptors (Lipinski definition) is 1. The van der Waals surface area contributed by atoms with Gasteiger partial charge in [0.05, 0.1) is 7.11 Å². The van der Waals surface area contributed by atoms with Crippen molar-refractivity contribution in [2.45, 2.75) is 6.42 Å². The quantitative estimate of drug-likeness (QED) is 0.713. The zero-order chi connectivity index (χ0) is 8.55. The normalized spacial score (nSPS) is 13.2. The van der Waals surface area contributed by atoms with E-state index in [4.69, 9.17) is 4.74 Å². The lowest BCUT2D eigenvalue weighted by Gasteiger charge is -2.07. The molecule has 0 saturated carbocycles. The van der Waals surface area contributed by atoms with Gasteiger partial charge >= 0.3 is 0 Å². The Morgan fingerprint density at radius 1 is 1.42 bits per heavy atom. The molecule has 2 heteroatoms. The van der Waals surface area contributed by atoms with Crippen molar-refractivity contribution in [1.29, 1.82) is 0 Å². The zero-order valence-electron chi connectivity index (χ0n) is 6.80. The molecule has 1 aliphatic carbocycles. The van der Waals surface area contributed by atoms with Crippen LogP contribution in [0.25, 0.3) is 6.08 Å². The summed E-state index contributed by atoms with van der Waals surface area (Å²) in [5, 5.41) is 0. The summed E-state index contributed by atoms with van der Waals surface area (Å²) in [4.78, 5) is 0. The van der Waals surface area contributed by atoms with Crippen LogP contribution in [-0.4, -0.2) is 7.11 Å². The van der Waals surface area contributed by atoms with Crippen LogP contribution in [0.3, 0.4) is 0 Å². The van der Waals surface area contributed by atoms with Crippen LogP contribution in [0.1, 0.15) is 11.1 Å². The molecule has 12 heavy (non-hydrogen) atoms. The van der Waals surface area contributed by atoms with Gasteiger partial charge in [0.25, 0.3) is 0 Å². The summed E-state index contributed by atoms with van der Waals surface area (Å²) in [5.74, 6) is 0.976. The molecule has 0 spiro atoms. The van der Waals surface area contributed by atoms with Crippen molar-refractivity contribution in [3.8, 4) is 5.75 Å². The first kappa shape index (κ1) is 7.87. The van der Waals surface area contributed by atoms with E-state index in [0.29, 0.717) is 0 Å². The predicted molar refractivity (Wildman–Crippen MR) is 53.4 cm³/mol. The minimum absolute atomic E-state index is 0.976. The summed E-state index contributed by atoms with van der Waals surface area (Å²) < 4.78 is 6.34. The van der Waals surface area contributed by atoms with Crippen LogP contribution in [0.15, 0.2) is 22.7 Å². The van der Waals surface area contributed by atoms with Gasteiger partial charge in [-0.15, -0.1) is 0 Å². The van der Waals surface area contributed by atoms with Gasteiger partial charge in [-0.2, -0.15) is 0 Å². The first-order valence-corrected chi connectivity index (χ1v) is 4.63. The van der Waals surface area contributed by atoms with Gasteiger partial charge in [-0.1, -0.05) is 28.1 Å². The van der Waals surface area contributed by atoms with E-state index in [1.54, 1.807) is 7.11 Å². The van der Waals surface area contributed by atoms with Crippen molar-refractivity contribution < 1.29 is 4.74 Å². The van der Waals surface area contributed by atoms with Gasteiger partial charge in [0, 0.05) is 10.0 Å². The van der Waals surface area contributed by atoms with Crippen LogP contribution in [0, 0.1) is 0 Å². The third-order valence-corrected chi connectivity index (χ3v) is 2.51. The second-order valence-corrected chi connectivity index (χ2v) is 3.70. The number of allylic oxidation sites excluding steroid dienone is 1. The maximum Gasteiger partial charge on any atom is 0.124 e. The highest BCUT2D eigenvalue weighted by atomic mass is 79.9. The lowest BCUT2D eigenvalue weighted by molar-refractivity contribution is 0.410. The number of fused-ring (bicyclic) bond motifs is 1. The molecule has 0 N–H and O–H groups in total. The van der Waals surface area contributed by atoms with Crippen molar-refractivity contribution in [2.75, 3.05) is 7.11 Å². The first-order valence-electron chi connectivity index (χ1n) is 3.84. The molecule has 1 aromatic rings. The molecule has 62 valence electrons. The summed E-state index contributed by atoms with van der Waals surface area (Å²) in [6, 6.07) is 4.12. The lowest BCUT2D eigenvalue weighted by atomic mass is 10.1. The molecule has 1 aliphatic rings. The maximum atomic E-state index is 5.27. The highest BCUT2D eigenvalue weighted by molar-refractivity contribution is 9.10. The Hall–Kier alpha value is -0.760. The Bertz CT molecular complexity index is 342. The summed E-state index contributed by atoms with van der Waals surface area (Å²) in [5.41, 5.74) is 2.56. The van der Waals surface area contributed by atoms with E-state index >= 15 is 0 Å². The van der Waals surface area contributed by atoms with Gasteiger partial charge in [-0.25, -0.2) is 0 Å². The standard InChI is InChI=1S/C10H9BrO/c1-12-10-6-8(11)5-7-3-2-4-9(7)10/h2-3,5-6H,4H2,1H3. The van der Waals surface area contributed by atoms with Crippen LogP contribution >= 0.6 is 15.9 Å². The molecule has 0 unspecified atom stereocenters. The third kappa shape index (κ3) is 1.16. The molecule has 0 amide bonds. The summed E-state index contributed by atoms with van der Waals surface area (Å²) >= 11 is 3.44. The maximum absolute atomic E-state index is 5.27. The van der Waals surface area contributed by atoms with E-state index in [-0.39, 0.29) is 0 Å². The van der Waals surface area contributed by atoms with E-state index in [9.17, 15) is 0 Å². The predicted octanol–water partition coefficient (Wildman–Crippen LogP) is 3.03. The summed E-state index contributed by atoms with van der Waals surface area (Å²) in [7, 11) is 1.71. The third-order valence-electron chi connectivity index (χ3n) is 2.05. The Labute approximate surface area is 80.2 Å². The van der Waals surface area contributed by atoms with Gasteiger partial charge < -0.3 is 4.74 Å². The molecule has 0 saturated heterocycles. The van der Waals surface area contributed by atoms with Gasteiger partial charge in [0.2, 0.25) is 0 Å². The highest BCUT2D eigenvalue weighted by Gasteiger charge is 2.11. The van der Waals surface area contributed by atoms with Gasteiger partial charge in [-0.3, -0.25) is 0 Å². The molecular weight excluding hydrogens is 216 g/mol. The average molecular weight is 225 g/mol. The second-order valence-electron chi connectivity index (χ2n) is 2.78. The fraction of sp³-hybridized carbons (Fsp3) is 0.200. The van der Waals surface area contributed by atoms with Gasteiger partial charge in [0.15, 0.2) is 0 Å². The molecule has 0 bridgehead atoms. The Kier molecular flexibility index (Phi) is 1.93. The minimum Gasteiger partial charge on any atom is -0.496 e. The average Bonchev–Trinajstić information content (AvgIpc) is 2.50. The first-order chi connectivity index (χ1) is 5.81. The van der Waals surface area contributed by atoms with Crippen LogP contribution in [0.2, 0.25) is 0 Å². The SMILES string of the molecule is COc1cc(Br)cc2c1CC=C2. The van der Waals surface area contributed by atoms with E-state index < -0.39 is 0 Å². The van der Waals surface area contributed by atoms with Crippen molar-refractivity contribution >= 4 is 22.0 Å². The van der Waals surface area contributed by atoms with E-state index in [1.807, 2.05) is 6.07 Å². The molecule has 0 radical (unpaired) electrons. The van der Waals surface area contributed by atoms with Gasteiger partial charge in [0.1, 0.15) is 5.75 Å². The molecule has 1 aromatic carbocycles. The van der Waals surface area contributed by atoms with Crippen LogP contribution < -0.4 is 4.74 Å². The fourth-order valence-corrected chi connectivity index (χ4v) is 1.94. The number of methoxy groups -OCH3 is 1. The summed E-state index contributed by atoms with van der Waals surface area (Å²) in [6.07, 6.45) is 5.27. The molecule has 2 rings (SSSR count). The molecule has 0 aromatic heterocycles.